The van der Waals surface area contributed by atoms with Crippen molar-refractivity contribution in [1.29, 1.82) is 0 Å². The van der Waals surface area contributed by atoms with Crippen LogP contribution in [0, 0.1) is 18.6 Å². The first-order chi connectivity index (χ1) is 9.36. The maximum atomic E-state index is 13.3. The third-order valence-corrected chi connectivity index (χ3v) is 4.18. The molecule has 2 rings (SSSR count). The molecule has 2 aromatic carbocycles. The third-order valence-electron chi connectivity index (χ3n) is 2.93. The summed E-state index contributed by atoms with van der Waals surface area (Å²) < 4.78 is 28.3. The van der Waals surface area contributed by atoms with Gasteiger partial charge >= 0.3 is 0 Å². The minimum Gasteiger partial charge on any atom is -0.377 e. The van der Waals surface area contributed by atoms with Crippen molar-refractivity contribution in [1.82, 2.24) is 0 Å². The van der Waals surface area contributed by atoms with Crippen LogP contribution in [0.5, 0.6) is 0 Å². The van der Waals surface area contributed by atoms with Gasteiger partial charge in [-0.25, -0.2) is 8.78 Å². The Morgan fingerprint density at radius 1 is 0.950 bits per heavy atom. The van der Waals surface area contributed by atoms with Crippen molar-refractivity contribution < 1.29 is 8.78 Å². The lowest BCUT2D eigenvalue weighted by molar-refractivity contribution is 0.577. The molecule has 2 aromatic rings. The van der Waals surface area contributed by atoms with Gasteiger partial charge in [0.15, 0.2) is 0 Å². The van der Waals surface area contributed by atoms with Gasteiger partial charge in [-0.3, -0.25) is 0 Å². The van der Waals surface area contributed by atoms with Gasteiger partial charge in [-0.05, 0) is 81.1 Å². The molecule has 20 heavy (non-hydrogen) atoms. The van der Waals surface area contributed by atoms with Crippen LogP contribution in [0.3, 0.4) is 0 Å². The summed E-state index contributed by atoms with van der Waals surface area (Å²) in [5.74, 6) is -1.15. The highest BCUT2D eigenvalue weighted by Gasteiger charge is 2.13. The van der Waals surface area contributed by atoms with E-state index in [1.54, 1.807) is 0 Å². The van der Waals surface area contributed by atoms with Crippen LogP contribution in [-0.4, -0.2) is 0 Å². The summed E-state index contributed by atoms with van der Waals surface area (Å²) in [4.78, 5) is 0. The Morgan fingerprint density at radius 2 is 1.45 bits per heavy atom. The molecule has 0 saturated heterocycles. The monoisotopic (exact) mass is 403 g/mol. The molecule has 0 bridgehead atoms. The number of hydrogen-bond acceptors (Lipinski definition) is 1. The smallest absolute Gasteiger partial charge is 0.126 e. The topological polar surface area (TPSA) is 12.0 Å². The van der Waals surface area contributed by atoms with Gasteiger partial charge in [0.25, 0.3) is 0 Å². The maximum Gasteiger partial charge on any atom is 0.126 e. The second-order valence-corrected chi connectivity index (χ2v) is 6.38. The molecule has 0 aliphatic heterocycles. The highest BCUT2D eigenvalue weighted by molar-refractivity contribution is 9.11. The minimum absolute atomic E-state index is 0.226. The van der Waals surface area contributed by atoms with E-state index in [0.29, 0.717) is 5.56 Å². The predicted octanol–water partition coefficient (Wildman–Crippen LogP) is 5.97. The molecular weight excluding hydrogens is 392 g/mol. The van der Waals surface area contributed by atoms with Gasteiger partial charge < -0.3 is 5.32 Å². The van der Waals surface area contributed by atoms with Gasteiger partial charge in [-0.1, -0.05) is 0 Å². The van der Waals surface area contributed by atoms with Crippen LogP contribution in [-0.2, 0) is 0 Å². The Kier molecular flexibility index (Phi) is 4.81. The van der Waals surface area contributed by atoms with E-state index in [4.69, 9.17) is 0 Å². The Bertz CT molecular complexity index is 601. The minimum atomic E-state index is -0.573. The van der Waals surface area contributed by atoms with Crippen molar-refractivity contribution in [3.8, 4) is 0 Å². The van der Waals surface area contributed by atoms with Gasteiger partial charge in [0, 0.05) is 21.1 Å². The lowest BCUT2D eigenvalue weighted by Crippen LogP contribution is -2.08. The Balaban J connectivity index is 2.30. The number of hydrogen-bond donors (Lipinski definition) is 1. The Hall–Kier alpha value is -0.940. The second-order valence-electron chi connectivity index (χ2n) is 4.67. The van der Waals surface area contributed by atoms with Gasteiger partial charge in [0.1, 0.15) is 11.6 Å². The van der Waals surface area contributed by atoms with E-state index < -0.39 is 11.6 Å². The van der Waals surface area contributed by atoms with Crippen molar-refractivity contribution >= 4 is 37.5 Å². The number of aryl methyl sites for hydroxylation is 1. The van der Waals surface area contributed by atoms with Crippen molar-refractivity contribution in [2.75, 3.05) is 5.32 Å². The average molecular weight is 405 g/mol. The van der Waals surface area contributed by atoms with E-state index in [0.717, 1.165) is 26.3 Å². The predicted molar refractivity (Wildman–Crippen MR) is 85.0 cm³/mol. The maximum absolute atomic E-state index is 13.3. The molecule has 0 aliphatic rings. The SMILES string of the molecule is Cc1cc(Br)c(NC(C)c2cc(F)cc(F)c2)c(Br)c1. The Labute approximate surface area is 133 Å². The molecule has 1 atom stereocenters. The van der Waals surface area contributed by atoms with E-state index in [2.05, 4.69) is 37.2 Å². The summed E-state index contributed by atoms with van der Waals surface area (Å²) in [5.41, 5.74) is 2.52. The van der Waals surface area contributed by atoms with Crippen LogP contribution in [0.4, 0.5) is 14.5 Å². The highest BCUT2D eigenvalue weighted by Crippen LogP contribution is 2.34. The van der Waals surface area contributed by atoms with Crippen LogP contribution in [0.1, 0.15) is 24.1 Å². The lowest BCUT2D eigenvalue weighted by Gasteiger charge is -2.19. The highest BCUT2D eigenvalue weighted by atomic mass is 79.9. The van der Waals surface area contributed by atoms with E-state index in [1.807, 2.05) is 26.0 Å². The summed E-state index contributed by atoms with van der Waals surface area (Å²) in [6.07, 6.45) is 0. The largest absolute Gasteiger partial charge is 0.377 e. The van der Waals surface area contributed by atoms with Crippen LogP contribution < -0.4 is 5.32 Å². The number of benzene rings is 2. The fraction of sp³-hybridized carbons (Fsp3) is 0.200. The van der Waals surface area contributed by atoms with Gasteiger partial charge in [0.2, 0.25) is 0 Å². The zero-order chi connectivity index (χ0) is 14.9. The first kappa shape index (κ1) is 15.4. The first-order valence-electron chi connectivity index (χ1n) is 6.05. The molecule has 0 fully saturated rings. The summed E-state index contributed by atoms with van der Waals surface area (Å²) in [7, 11) is 0. The molecule has 1 unspecified atom stereocenters. The fourth-order valence-corrected chi connectivity index (χ4v) is 3.61. The lowest BCUT2D eigenvalue weighted by atomic mass is 10.1. The first-order valence-corrected chi connectivity index (χ1v) is 7.63. The van der Waals surface area contributed by atoms with Crippen LogP contribution >= 0.6 is 31.9 Å². The molecule has 0 saturated carbocycles. The number of rotatable bonds is 3. The van der Waals surface area contributed by atoms with E-state index >= 15 is 0 Å². The zero-order valence-electron chi connectivity index (χ0n) is 11.0. The molecule has 0 aliphatic carbocycles. The molecule has 1 nitrogen and oxygen atoms in total. The van der Waals surface area contributed by atoms with E-state index in [9.17, 15) is 8.78 Å². The molecule has 0 radical (unpaired) electrons. The van der Waals surface area contributed by atoms with Crippen molar-refractivity contribution in [3.63, 3.8) is 0 Å². The average Bonchev–Trinajstić information content (AvgIpc) is 2.32. The molecular formula is C15H13Br2F2N. The van der Waals surface area contributed by atoms with Crippen molar-refractivity contribution in [3.05, 3.63) is 62.0 Å². The van der Waals surface area contributed by atoms with Crippen LogP contribution in [0.25, 0.3) is 0 Å². The van der Waals surface area contributed by atoms with E-state index in [-0.39, 0.29) is 6.04 Å². The van der Waals surface area contributed by atoms with Crippen LogP contribution in [0.2, 0.25) is 0 Å². The fourth-order valence-electron chi connectivity index (χ4n) is 1.96. The zero-order valence-corrected chi connectivity index (χ0v) is 14.1. The number of nitrogens with one attached hydrogen (secondary N) is 1. The molecule has 0 spiro atoms. The van der Waals surface area contributed by atoms with Crippen molar-refractivity contribution in [2.45, 2.75) is 19.9 Å². The summed E-state index contributed by atoms with van der Waals surface area (Å²) in [6, 6.07) is 7.26. The van der Waals surface area contributed by atoms with Gasteiger partial charge in [-0.15, -0.1) is 0 Å². The van der Waals surface area contributed by atoms with Crippen molar-refractivity contribution in [2.24, 2.45) is 0 Å². The number of halogens is 4. The second kappa shape index (κ2) is 6.22. The summed E-state index contributed by atoms with van der Waals surface area (Å²) in [5, 5.41) is 3.25. The molecule has 1 N–H and O–H groups in total. The summed E-state index contributed by atoms with van der Waals surface area (Å²) >= 11 is 6.97. The van der Waals surface area contributed by atoms with Gasteiger partial charge in [-0.2, -0.15) is 0 Å². The quantitative estimate of drug-likeness (QED) is 0.664. The molecule has 5 heteroatoms. The third kappa shape index (κ3) is 3.58. The summed E-state index contributed by atoms with van der Waals surface area (Å²) in [6.45, 7) is 3.84. The molecule has 0 amide bonds. The molecule has 0 heterocycles. The standard InChI is InChI=1S/C15H13Br2F2N/c1-8-3-13(16)15(14(17)4-8)20-9(2)10-5-11(18)7-12(19)6-10/h3-7,9,20H,1-2H3. The Morgan fingerprint density at radius 3 is 1.95 bits per heavy atom. The van der Waals surface area contributed by atoms with E-state index in [1.165, 1.54) is 12.1 Å². The number of anilines is 1. The molecule has 0 aromatic heterocycles. The van der Waals surface area contributed by atoms with Crippen LogP contribution in [0.15, 0.2) is 39.3 Å². The normalized spacial score (nSPS) is 12.3. The molecule has 106 valence electrons. The van der Waals surface area contributed by atoms with Gasteiger partial charge in [0.05, 0.1) is 5.69 Å².